The fraction of sp³-hybridized carbons (Fsp3) is 0.343. The Kier molecular flexibility index (Phi) is 15.3. The lowest BCUT2D eigenvalue weighted by atomic mass is 10.0. The Morgan fingerprint density at radius 3 is 1.94 bits per heavy atom. The molecule has 3 rings (SSSR count). The smallest absolute Gasteiger partial charge is 0.244 e. The van der Waals surface area contributed by atoms with Gasteiger partial charge in [-0.05, 0) is 47.9 Å². The van der Waals surface area contributed by atoms with Gasteiger partial charge in [0.1, 0.15) is 18.1 Å². The number of guanidine groups is 1. The molecule has 0 aliphatic carbocycles. The lowest BCUT2D eigenvalue weighted by Gasteiger charge is -2.24. The molecule has 3 aromatic rings. The second-order valence-corrected chi connectivity index (χ2v) is 11.4. The number of nitrogens with one attached hydrogen (secondary N) is 4. The van der Waals surface area contributed by atoms with Crippen molar-refractivity contribution in [1.82, 2.24) is 21.3 Å². The molecule has 11 nitrogen and oxygen atoms in total. The van der Waals surface area contributed by atoms with Crippen LogP contribution in [0, 0.1) is 0 Å². The van der Waals surface area contributed by atoms with Crippen molar-refractivity contribution >= 4 is 42.2 Å². The zero-order valence-corrected chi connectivity index (χ0v) is 27.5. The standard InChI is InChI=1S/C35H45N7O4S/c1-2-28(32(44)38-21-19-24-10-5-3-6-11-24)41-33(45)29(14-9-20-39-35(36)37)42-34(46)30(23-47)40-31(43)22-25-15-17-27(18-16-25)26-12-7-4-8-13-26/h3-8,10-13,15-18,28-30,47H,2,9,14,19-23H2,1H3,(H,38,44)(H,40,43)(H,41,45)(H,42,46)(H4,36,37,39)/t28-,29-,30-/m0/s1. The Morgan fingerprint density at radius 1 is 0.723 bits per heavy atom. The van der Waals surface area contributed by atoms with Gasteiger partial charge in [-0.25, -0.2) is 0 Å². The van der Waals surface area contributed by atoms with E-state index in [1.165, 1.54) is 0 Å². The number of benzene rings is 3. The molecule has 250 valence electrons. The molecular weight excluding hydrogens is 614 g/mol. The molecule has 0 aromatic heterocycles. The number of thiol groups is 1. The molecule has 0 aliphatic rings. The summed E-state index contributed by atoms with van der Waals surface area (Å²) < 4.78 is 0. The van der Waals surface area contributed by atoms with Crippen molar-refractivity contribution in [3.8, 4) is 11.1 Å². The maximum Gasteiger partial charge on any atom is 0.244 e. The number of carbonyl (C=O) groups is 4. The Morgan fingerprint density at radius 2 is 1.32 bits per heavy atom. The van der Waals surface area contributed by atoms with Crippen LogP contribution in [0.3, 0.4) is 0 Å². The fourth-order valence-corrected chi connectivity index (χ4v) is 5.10. The van der Waals surface area contributed by atoms with E-state index in [4.69, 9.17) is 11.5 Å². The highest BCUT2D eigenvalue weighted by Crippen LogP contribution is 2.19. The lowest BCUT2D eigenvalue weighted by molar-refractivity contribution is -0.133. The monoisotopic (exact) mass is 659 g/mol. The van der Waals surface area contributed by atoms with Gasteiger partial charge < -0.3 is 32.7 Å². The second kappa shape index (κ2) is 19.6. The summed E-state index contributed by atoms with van der Waals surface area (Å²) in [6.07, 6.45) is 1.64. The van der Waals surface area contributed by atoms with E-state index in [-0.39, 0.29) is 42.9 Å². The molecule has 8 N–H and O–H groups in total. The molecule has 12 heteroatoms. The minimum atomic E-state index is -1.01. The van der Waals surface area contributed by atoms with Crippen LogP contribution in [-0.2, 0) is 32.0 Å². The van der Waals surface area contributed by atoms with E-state index in [1.807, 2.05) is 84.9 Å². The quantitative estimate of drug-likeness (QED) is 0.0475. The van der Waals surface area contributed by atoms with Gasteiger partial charge in [0.15, 0.2) is 5.96 Å². The molecule has 0 radical (unpaired) electrons. The van der Waals surface area contributed by atoms with Crippen LogP contribution in [-0.4, -0.2) is 66.6 Å². The third-order valence-corrected chi connectivity index (χ3v) is 7.80. The third-order valence-electron chi connectivity index (χ3n) is 7.44. The van der Waals surface area contributed by atoms with Crippen molar-refractivity contribution < 1.29 is 19.2 Å². The molecule has 0 bridgehead atoms. The summed E-state index contributed by atoms with van der Waals surface area (Å²) in [5.41, 5.74) is 14.8. The first-order valence-electron chi connectivity index (χ1n) is 15.7. The van der Waals surface area contributed by atoms with E-state index >= 15 is 0 Å². The van der Waals surface area contributed by atoms with Crippen molar-refractivity contribution in [2.24, 2.45) is 16.5 Å². The number of aliphatic imine (C=N–C) groups is 1. The number of nitrogens with two attached hydrogens (primary N) is 2. The lowest BCUT2D eigenvalue weighted by Crippen LogP contribution is -2.57. The Balaban J connectivity index is 1.59. The molecule has 0 spiro atoms. The number of hydrogen-bond donors (Lipinski definition) is 7. The average Bonchev–Trinajstić information content (AvgIpc) is 3.08. The SMILES string of the molecule is CC[C@H](NC(=O)[C@H](CCCN=C(N)N)NC(=O)[C@H](CS)NC(=O)Cc1ccc(-c2ccccc2)cc1)C(=O)NCCc1ccccc1. The van der Waals surface area contributed by atoms with Crippen LogP contribution in [0.25, 0.3) is 11.1 Å². The van der Waals surface area contributed by atoms with Crippen LogP contribution in [0.4, 0.5) is 0 Å². The number of nitrogens with zero attached hydrogens (tertiary/aromatic N) is 1. The van der Waals surface area contributed by atoms with E-state index in [0.717, 1.165) is 22.3 Å². The van der Waals surface area contributed by atoms with Gasteiger partial charge >= 0.3 is 0 Å². The molecule has 0 heterocycles. The summed E-state index contributed by atoms with van der Waals surface area (Å²) in [4.78, 5) is 56.4. The second-order valence-electron chi connectivity index (χ2n) is 11.0. The Labute approximate surface area is 281 Å². The highest BCUT2D eigenvalue weighted by atomic mass is 32.1. The number of amides is 4. The van der Waals surface area contributed by atoms with Crippen molar-refractivity contribution in [1.29, 1.82) is 0 Å². The highest BCUT2D eigenvalue weighted by Gasteiger charge is 2.28. The summed E-state index contributed by atoms with van der Waals surface area (Å²) in [5, 5.41) is 11.1. The molecule has 0 fully saturated rings. The van der Waals surface area contributed by atoms with Crippen molar-refractivity contribution in [2.45, 2.75) is 57.2 Å². The first kappa shape index (κ1) is 36.6. The molecule has 0 unspecified atom stereocenters. The molecule has 0 aliphatic heterocycles. The van der Waals surface area contributed by atoms with Crippen LogP contribution in [0.2, 0.25) is 0 Å². The number of hydrogen-bond acceptors (Lipinski definition) is 6. The van der Waals surface area contributed by atoms with Gasteiger partial charge in [-0.2, -0.15) is 12.6 Å². The molecule has 0 saturated carbocycles. The zero-order chi connectivity index (χ0) is 34.0. The summed E-state index contributed by atoms with van der Waals surface area (Å²) in [7, 11) is 0. The topological polar surface area (TPSA) is 181 Å². The summed E-state index contributed by atoms with van der Waals surface area (Å²) >= 11 is 4.27. The van der Waals surface area contributed by atoms with E-state index in [0.29, 0.717) is 25.8 Å². The van der Waals surface area contributed by atoms with Crippen molar-refractivity contribution in [2.75, 3.05) is 18.8 Å². The Bertz CT molecular complexity index is 1470. The van der Waals surface area contributed by atoms with Crippen LogP contribution in [0.15, 0.2) is 89.9 Å². The highest BCUT2D eigenvalue weighted by molar-refractivity contribution is 7.80. The molecule has 0 saturated heterocycles. The maximum atomic E-state index is 13.4. The molecule has 3 atom stereocenters. The Hall–Kier alpha value is -4.84. The number of rotatable bonds is 18. The summed E-state index contributed by atoms with van der Waals surface area (Å²) in [6, 6.07) is 24.5. The zero-order valence-electron chi connectivity index (χ0n) is 26.7. The van der Waals surface area contributed by atoms with E-state index < -0.39 is 29.9 Å². The molecule has 4 amide bonds. The summed E-state index contributed by atoms with van der Waals surface area (Å²) in [6.45, 7) is 2.44. The fourth-order valence-electron chi connectivity index (χ4n) is 4.84. The van der Waals surface area contributed by atoms with E-state index in [9.17, 15) is 19.2 Å². The van der Waals surface area contributed by atoms with Crippen molar-refractivity contribution in [3.63, 3.8) is 0 Å². The van der Waals surface area contributed by atoms with Gasteiger partial charge in [-0.3, -0.25) is 24.2 Å². The van der Waals surface area contributed by atoms with E-state index in [1.54, 1.807) is 6.92 Å². The normalized spacial score (nSPS) is 12.6. The number of carbonyl (C=O) groups excluding carboxylic acids is 4. The minimum Gasteiger partial charge on any atom is -0.370 e. The van der Waals surface area contributed by atoms with Gasteiger partial charge in [0, 0.05) is 18.8 Å². The van der Waals surface area contributed by atoms with Gasteiger partial charge in [-0.1, -0.05) is 91.9 Å². The summed E-state index contributed by atoms with van der Waals surface area (Å²) in [5.74, 6) is -1.86. The predicted octanol–water partition coefficient (Wildman–Crippen LogP) is 2.10. The first-order valence-corrected chi connectivity index (χ1v) is 16.4. The maximum absolute atomic E-state index is 13.4. The first-order chi connectivity index (χ1) is 22.7. The molecule has 47 heavy (non-hydrogen) atoms. The largest absolute Gasteiger partial charge is 0.370 e. The third kappa shape index (κ3) is 12.8. The van der Waals surface area contributed by atoms with Gasteiger partial charge in [0.05, 0.1) is 6.42 Å². The molecular formula is C35H45N7O4S. The van der Waals surface area contributed by atoms with Gasteiger partial charge in [0.25, 0.3) is 0 Å². The van der Waals surface area contributed by atoms with Gasteiger partial charge in [0.2, 0.25) is 23.6 Å². The van der Waals surface area contributed by atoms with Gasteiger partial charge in [-0.15, -0.1) is 0 Å². The van der Waals surface area contributed by atoms with Crippen LogP contribution in [0.1, 0.15) is 37.3 Å². The van der Waals surface area contributed by atoms with Crippen LogP contribution in [0.5, 0.6) is 0 Å². The average molecular weight is 660 g/mol. The molecule has 3 aromatic carbocycles. The predicted molar refractivity (Wildman–Crippen MR) is 189 cm³/mol. The van der Waals surface area contributed by atoms with Crippen molar-refractivity contribution in [3.05, 3.63) is 96.1 Å². The van der Waals surface area contributed by atoms with Crippen LogP contribution < -0.4 is 32.7 Å². The van der Waals surface area contributed by atoms with Crippen LogP contribution >= 0.6 is 12.6 Å². The minimum absolute atomic E-state index is 0.00820. The van der Waals surface area contributed by atoms with E-state index in [2.05, 4.69) is 38.9 Å².